The zero-order valence-corrected chi connectivity index (χ0v) is 15.0. The van der Waals surface area contributed by atoms with Gasteiger partial charge in [0.25, 0.3) is 0 Å². The van der Waals surface area contributed by atoms with Gasteiger partial charge in [-0.15, -0.1) is 0 Å². The van der Waals surface area contributed by atoms with Gasteiger partial charge in [-0.25, -0.2) is 14.1 Å². The number of aromatic nitrogens is 4. The van der Waals surface area contributed by atoms with Crippen molar-refractivity contribution in [1.82, 2.24) is 19.7 Å². The topological polar surface area (TPSA) is 87.4 Å². The fourth-order valence-corrected chi connectivity index (χ4v) is 3.05. The third-order valence-corrected chi connectivity index (χ3v) is 4.44. The van der Waals surface area contributed by atoms with Crippen LogP contribution in [0.4, 0.5) is 4.39 Å². The van der Waals surface area contributed by atoms with Gasteiger partial charge in [-0.1, -0.05) is 23.7 Å². The molecule has 0 aliphatic heterocycles. The third-order valence-electron chi connectivity index (χ3n) is 4.20. The summed E-state index contributed by atoms with van der Waals surface area (Å²) in [5.41, 5.74) is 1.53. The molecule has 0 fully saturated rings. The van der Waals surface area contributed by atoms with Crippen molar-refractivity contribution in [2.75, 3.05) is 0 Å². The van der Waals surface area contributed by atoms with Gasteiger partial charge in [-0.3, -0.25) is 4.79 Å². The lowest BCUT2D eigenvalue weighted by atomic mass is 10.0. The Bertz CT molecular complexity index is 1270. The van der Waals surface area contributed by atoms with E-state index in [1.165, 1.54) is 41.7 Å². The molecule has 8 heteroatoms. The normalized spacial score (nSPS) is 11.5. The Hall–Kier alpha value is -3.76. The van der Waals surface area contributed by atoms with E-state index in [2.05, 4.69) is 15.1 Å². The van der Waals surface area contributed by atoms with Crippen molar-refractivity contribution in [2.24, 2.45) is 0 Å². The number of nitrogens with zero attached hydrogens (tertiary/aromatic N) is 4. The molecule has 1 N–H and O–H groups in total. The first-order valence-corrected chi connectivity index (χ1v) is 8.52. The number of fused-ring (bicyclic) bond motifs is 1. The Labute approximate surface area is 163 Å². The minimum Gasteiger partial charge on any atom is -0.360 e. The van der Waals surface area contributed by atoms with Crippen LogP contribution in [0.2, 0.25) is 5.02 Å². The van der Waals surface area contributed by atoms with E-state index in [0.29, 0.717) is 27.1 Å². The molecule has 6 nitrogen and oxygen atoms in total. The second-order valence-electron chi connectivity index (χ2n) is 5.94. The van der Waals surface area contributed by atoms with Crippen LogP contribution in [-0.2, 0) is 0 Å². The van der Waals surface area contributed by atoms with Crippen LogP contribution in [0, 0.1) is 17.1 Å². The highest BCUT2D eigenvalue weighted by Gasteiger charge is 2.17. The van der Waals surface area contributed by atoms with Gasteiger partial charge in [0.05, 0.1) is 0 Å². The summed E-state index contributed by atoms with van der Waals surface area (Å²) in [5, 5.41) is 14.5. The Morgan fingerprint density at radius 3 is 2.86 bits per heavy atom. The average molecular weight is 392 g/mol. The van der Waals surface area contributed by atoms with E-state index in [4.69, 9.17) is 11.6 Å². The second-order valence-corrected chi connectivity index (χ2v) is 6.38. The zero-order valence-electron chi connectivity index (χ0n) is 14.2. The number of ketones is 1. The minimum absolute atomic E-state index is 0.108. The summed E-state index contributed by atoms with van der Waals surface area (Å²) in [6, 6.07) is 11.3. The van der Waals surface area contributed by atoms with Crippen molar-refractivity contribution >= 4 is 34.4 Å². The lowest BCUT2D eigenvalue weighted by molar-refractivity contribution is 0.104. The number of nitriles is 1. The number of H-pyrrole nitrogens is 1. The maximum Gasteiger partial charge on any atom is 0.205 e. The van der Waals surface area contributed by atoms with Crippen molar-refractivity contribution in [3.63, 3.8) is 0 Å². The van der Waals surface area contributed by atoms with E-state index in [1.807, 2.05) is 6.07 Å². The Morgan fingerprint density at radius 2 is 2.14 bits per heavy atom. The number of hydrogen-bond acceptors (Lipinski definition) is 4. The van der Waals surface area contributed by atoms with Crippen LogP contribution < -0.4 is 0 Å². The van der Waals surface area contributed by atoms with Gasteiger partial charge in [0, 0.05) is 27.7 Å². The molecule has 28 heavy (non-hydrogen) atoms. The van der Waals surface area contributed by atoms with Crippen molar-refractivity contribution in [2.45, 2.75) is 0 Å². The van der Waals surface area contributed by atoms with E-state index in [0.717, 1.165) is 0 Å². The predicted molar refractivity (Wildman–Crippen MR) is 103 cm³/mol. The Balaban J connectivity index is 1.70. The first-order chi connectivity index (χ1) is 13.6. The van der Waals surface area contributed by atoms with Gasteiger partial charge in [0.15, 0.2) is 0 Å². The quantitative estimate of drug-likeness (QED) is 0.318. The van der Waals surface area contributed by atoms with Crippen molar-refractivity contribution in [3.8, 4) is 11.8 Å². The fraction of sp³-hybridized carbons (Fsp3) is 0. The van der Waals surface area contributed by atoms with Crippen LogP contribution in [-0.4, -0.2) is 25.5 Å². The molecule has 0 bridgehead atoms. The number of aromatic amines is 1. The molecule has 136 valence electrons. The Kier molecular flexibility index (Phi) is 4.47. The standard InChI is InChI=1S/C20H11ClFN5O/c21-14-2-3-15-16(9-25-18(15)7-14)20(28)13(8-23)5-12-1-4-19(17(22)6-12)27-11-24-10-26-27/h1-7,9-11,25H. The maximum absolute atomic E-state index is 14.4. The molecule has 0 saturated heterocycles. The summed E-state index contributed by atoms with van der Waals surface area (Å²) < 4.78 is 15.7. The fourth-order valence-electron chi connectivity index (χ4n) is 2.88. The van der Waals surface area contributed by atoms with Crippen LogP contribution >= 0.6 is 11.6 Å². The highest BCUT2D eigenvalue weighted by atomic mass is 35.5. The minimum atomic E-state index is -0.550. The van der Waals surface area contributed by atoms with E-state index in [-0.39, 0.29) is 11.3 Å². The molecule has 4 rings (SSSR count). The second kappa shape index (κ2) is 7.10. The summed E-state index contributed by atoms with van der Waals surface area (Å²) in [5.74, 6) is -1.01. The highest BCUT2D eigenvalue weighted by Crippen LogP contribution is 2.25. The van der Waals surface area contributed by atoms with E-state index in [9.17, 15) is 14.4 Å². The summed E-state index contributed by atoms with van der Waals surface area (Å²) >= 11 is 5.95. The van der Waals surface area contributed by atoms with Crippen LogP contribution in [0.15, 0.2) is 60.8 Å². The molecule has 4 aromatic rings. The number of allylic oxidation sites excluding steroid dienone is 1. The molecule has 0 unspecified atom stereocenters. The smallest absolute Gasteiger partial charge is 0.205 e. The van der Waals surface area contributed by atoms with Gasteiger partial charge >= 0.3 is 0 Å². The van der Waals surface area contributed by atoms with Crippen molar-refractivity contribution < 1.29 is 9.18 Å². The monoisotopic (exact) mass is 391 g/mol. The van der Waals surface area contributed by atoms with Crippen molar-refractivity contribution in [1.29, 1.82) is 5.26 Å². The molecule has 0 spiro atoms. The highest BCUT2D eigenvalue weighted by molar-refractivity contribution is 6.31. The van der Waals surface area contributed by atoms with E-state index >= 15 is 0 Å². The number of nitrogens with one attached hydrogen (secondary N) is 1. The van der Waals surface area contributed by atoms with E-state index < -0.39 is 11.6 Å². The number of rotatable bonds is 4. The summed E-state index contributed by atoms with van der Waals surface area (Å²) in [6.45, 7) is 0. The lowest BCUT2D eigenvalue weighted by Crippen LogP contribution is -2.02. The number of carbonyl (C=O) groups is 1. The molecular weight excluding hydrogens is 381 g/mol. The van der Waals surface area contributed by atoms with Crippen LogP contribution in [0.3, 0.4) is 0 Å². The maximum atomic E-state index is 14.4. The van der Waals surface area contributed by atoms with Crippen LogP contribution in [0.25, 0.3) is 22.7 Å². The molecule has 0 aliphatic rings. The van der Waals surface area contributed by atoms with Gasteiger partial charge in [0.1, 0.15) is 35.8 Å². The van der Waals surface area contributed by atoms with Crippen molar-refractivity contribution in [3.05, 3.63) is 82.8 Å². The van der Waals surface area contributed by atoms with Gasteiger partial charge in [0.2, 0.25) is 5.78 Å². The molecule has 0 amide bonds. The molecule has 0 atom stereocenters. The molecule has 2 heterocycles. The third kappa shape index (κ3) is 3.17. The molecule has 2 aromatic heterocycles. The molecule has 0 saturated carbocycles. The molecule has 2 aromatic carbocycles. The first-order valence-electron chi connectivity index (χ1n) is 8.14. The molecule has 0 aliphatic carbocycles. The van der Waals surface area contributed by atoms with Gasteiger partial charge in [-0.2, -0.15) is 10.4 Å². The van der Waals surface area contributed by atoms with E-state index in [1.54, 1.807) is 24.3 Å². The number of benzene rings is 2. The number of hydrogen-bond donors (Lipinski definition) is 1. The largest absolute Gasteiger partial charge is 0.360 e. The SMILES string of the molecule is N#CC(=Cc1ccc(-n2cncn2)c(F)c1)C(=O)c1c[nH]c2cc(Cl)ccc12. The number of Topliss-reactive ketones (excluding diaryl/α,β-unsaturated/α-hetero) is 1. The summed E-state index contributed by atoms with van der Waals surface area (Å²) in [6.07, 6.45) is 5.56. The lowest BCUT2D eigenvalue weighted by Gasteiger charge is -2.04. The van der Waals surface area contributed by atoms with Crippen LogP contribution in [0.5, 0.6) is 0 Å². The zero-order chi connectivity index (χ0) is 19.7. The summed E-state index contributed by atoms with van der Waals surface area (Å²) in [4.78, 5) is 19.6. The number of carbonyl (C=O) groups excluding carboxylic acids is 1. The van der Waals surface area contributed by atoms with Crippen LogP contribution in [0.1, 0.15) is 15.9 Å². The predicted octanol–water partition coefficient (Wildman–Crippen LogP) is 4.33. The Morgan fingerprint density at radius 1 is 1.29 bits per heavy atom. The first kappa shape index (κ1) is 17.6. The van der Waals surface area contributed by atoms with Gasteiger partial charge < -0.3 is 4.98 Å². The average Bonchev–Trinajstić information content (AvgIpc) is 3.35. The molecule has 0 radical (unpaired) electrons. The summed E-state index contributed by atoms with van der Waals surface area (Å²) in [7, 11) is 0. The molecular formula is C20H11ClFN5O. The van der Waals surface area contributed by atoms with Gasteiger partial charge in [-0.05, 0) is 35.9 Å². The number of halogens is 2.